The van der Waals surface area contributed by atoms with Crippen LogP contribution in [0.25, 0.3) is 0 Å². The summed E-state index contributed by atoms with van der Waals surface area (Å²) in [5.41, 5.74) is 5.52. The van der Waals surface area contributed by atoms with Crippen molar-refractivity contribution in [1.29, 1.82) is 5.41 Å². The lowest BCUT2D eigenvalue weighted by molar-refractivity contribution is -0.135. The number of piperazine rings is 1. The zero-order chi connectivity index (χ0) is 18.9. The molecular weight excluding hydrogens is 356 g/mol. The van der Waals surface area contributed by atoms with Gasteiger partial charge < -0.3 is 15.5 Å². The number of hydrogen-bond acceptors (Lipinski definition) is 5. The average molecular weight is 387 g/mol. The zero-order valence-electron chi connectivity index (χ0n) is 15.4. The molecule has 0 bridgehead atoms. The molecule has 0 aromatic rings. The van der Waals surface area contributed by atoms with E-state index in [9.17, 15) is 13.2 Å². The smallest absolute Gasteiger partial charge is 0.225 e. The van der Waals surface area contributed by atoms with Crippen molar-refractivity contribution >= 4 is 21.9 Å². The van der Waals surface area contributed by atoms with Crippen molar-refractivity contribution in [3.05, 3.63) is 0 Å². The number of hydrogen-bond donors (Lipinski definition) is 2. The van der Waals surface area contributed by atoms with Gasteiger partial charge in [0.25, 0.3) is 0 Å². The predicted octanol–water partition coefficient (Wildman–Crippen LogP) is -1.23. The molecule has 1 amide bonds. The highest BCUT2D eigenvalue weighted by Gasteiger charge is 2.36. The van der Waals surface area contributed by atoms with Gasteiger partial charge in [0.1, 0.15) is 0 Å². The largest absolute Gasteiger partial charge is 0.370 e. The Morgan fingerprint density at radius 1 is 0.962 bits per heavy atom. The van der Waals surface area contributed by atoms with Crippen molar-refractivity contribution in [2.24, 2.45) is 11.7 Å². The fraction of sp³-hybridized carbons (Fsp3) is 0.875. The fourth-order valence-electron chi connectivity index (χ4n) is 4.27. The Labute approximate surface area is 155 Å². The predicted molar refractivity (Wildman–Crippen MR) is 99.2 cm³/mol. The quantitative estimate of drug-likeness (QED) is 0.464. The summed E-state index contributed by atoms with van der Waals surface area (Å²) in [6.07, 6.45) is 3.73. The second-order valence-corrected chi connectivity index (χ2v) is 9.55. The highest BCUT2D eigenvalue weighted by Crippen LogP contribution is 2.24. The van der Waals surface area contributed by atoms with Crippen LogP contribution in [0.3, 0.4) is 0 Å². The van der Waals surface area contributed by atoms with Gasteiger partial charge in [-0.15, -0.1) is 0 Å². The van der Waals surface area contributed by atoms with E-state index in [0.29, 0.717) is 32.2 Å². The van der Waals surface area contributed by atoms with Gasteiger partial charge in [-0.2, -0.15) is 4.31 Å². The van der Waals surface area contributed by atoms with E-state index in [1.54, 1.807) is 0 Å². The van der Waals surface area contributed by atoms with Crippen LogP contribution in [0, 0.1) is 11.3 Å². The Balaban J connectivity index is 1.47. The number of nitrogens with one attached hydrogen (secondary N) is 1. The minimum atomic E-state index is -3.11. The summed E-state index contributed by atoms with van der Waals surface area (Å²) in [6, 6.07) is 0.331. The standard InChI is InChI=1S/C16H30N6O3S/c1-26(24,25)22-10-8-19(9-11-22)14-4-7-21(12-14)15(23)13-2-5-20(6-3-13)16(17)18/h13-14H,2-12H2,1H3,(H3,17,18). The molecule has 26 heavy (non-hydrogen) atoms. The number of nitrogens with two attached hydrogens (primary N) is 1. The van der Waals surface area contributed by atoms with E-state index in [-0.39, 0.29) is 17.8 Å². The monoisotopic (exact) mass is 386 g/mol. The highest BCUT2D eigenvalue weighted by molar-refractivity contribution is 7.88. The summed E-state index contributed by atoms with van der Waals surface area (Å²) in [4.78, 5) is 18.9. The van der Waals surface area contributed by atoms with Crippen molar-refractivity contribution in [3.63, 3.8) is 0 Å². The number of guanidine groups is 1. The maximum atomic E-state index is 12.8. The van der Waals surface area contributed by atoms with E-state index >= 15 is 0 Å². The summed E-state index contributed by atoms with van der Waals surface area (Å²) in [5, 5.41) is 7.48. The number of carbonyl (C=O) groups is 1. The van der Waals surface area contributed by atoms with E-state index < -0.39 is 10.0 Å². The Morgan fingerprint density at radius 3 is 2.08 bits per heavy atom. The van der Waals surface area contributed by atoms with Gasteiger partial charge in [0.2, 0.25) is 15.9 Å². The molecule has 1 atom stereocenters. The first kappa shape index (κ1) is 19.4. The fourth-order valence-corrected chi connectivity index (χ4v) is 5.09. The molecule has 3 heterocycles. The van der Waals surface area contributed by atoms with Crippen molar-refractivity contribution < 1.29 is 13.2 Å². The molecule has 0 radical (unpaired) electrons. The Kier molecular flexibility index (Phi) is 5.73. The first-order valence-electron chi connectivity index (χ1n) is 9.32. The van der Waals surface area contributed by atoms with Crippen LogP contribution in [0.15, 0.2) is 0 Å². The first-order valence-corrected chi connectivity index (χ1v) is 11.2. The molecule has 3 saturated heterocycles. The Morgan fingerprint density at radius 2 is 1.54 bits per heavy atom. The molecule has 3 fully saturated rings. The summed E-state index contributed by atoms with van der Waals surface area (Å²) in [5.74, 6) is 0.349. The number of nitrogens with zero attached hydrogens (tertiary/aromatic N) is 4. The van der Waals surface area contributed by atoms with Crippen LogP contribution < -0.4 is 5.73 Å². The molecule has 0 aromatic carbocycles. The summed E-state index contributed by atoms with van der Waals surface area (Å²) in [6.45, 7) is 5.41. The number of rotatable bonds is 3. The van der Waals surface area contributed by atoms with Crippen molar-refractivity contribution in [2.45, 2.75) is 25.3 Å². The normalized spacial score (nSPS) is 27.0. The zero-order valence-corrected chi connectivity index (χ0v) is 16.2. The maximum Gasteiger partial charge on any atom is 0.225 e. The summed E-state index contributed by atoms with van der Waals surface area (Å²) in [7, 11) is -3.11. The molecule has 0 saturated carbocycles. The van der Waals surface area contributed by atoms with E-state index in [0.717, 1.165) is 45.4 Å². The number of likely N-dealkylation sites (tertiary alicyclic amines) is 2. The third-order valence-electron chi connectivity index (χ3n) is 5.92. The maximum absolute atomic E-state index is 12.8. The molecule has 0 aromatic heterocycles. The molecule has 1 unspecified atom stereocenters. The lowest BCUT2D eigenvalue weighted by Gasteiger charge is -2.37. The topological polar surface area (TPSA) is 114 Å². The van der Waals surface area contributed by atoms with Crippen LogP contribution in [0.2, 0.25) is 0 Å². The second-order valence-electron chi connectivity index (χ2n) is 7.57. The lowest BCUT2D eigenvalue weighted by atomic mass is 9.95. The number of piperidine rings is 1. The van der Waals surface area contributed by atoms with Gasteiger partial charge in [-0.3, -0.25) is 15.1 Å². The third-order valence-corrected chi connectivity index (χ3v) is 7.22. The molecule has 3 aliphatic heterocycles. The van der Waals surface area contributed by atoms with Crippen LogP contribution >= 0.6 is 0 Å². The van der Waals surface area contributed by atoms with E-state index in [4.69, 9.17) is 11.1 Å². The minimum absolute atomic E-state index is 0.0337. The molecular formula is C16H30N6O3S. The molecule has 0 aliphatic carbocycles. The first-order chi connectivity index (χ1) is 12.3. The van der Waals surface area contributed by atoms with E-state index in [2.05, 4.69) is 4.90 Å². The Bertz CT molecular complexity index is 638. The van der Waals surface area contributed by atoms with Crippen LogP contribution in [-0.4, -0.2) is 104 Å². The third kappa shape index (κ3) is 4.29. The minimum Gasteiger partial charge on any atom is -0.370 e. The summed E-state index contributed by atoms with van der Waals surface area (Å²) >= 11 is 0. The molecule has 10 heteroatoms. The van der Waals surface area contributed by atoms with Gasteiger partial charge in [-0.1, -0.05) is 0 Å². The van der Waals surface area contributed by atoms with Gasteiger partial charge in [-0.05, 0) is 19.3 Å². The van der Waals surface area contributed by atoms with Gasteiger partial charge in [0.05, 0.1) is 6.26 Å². The van der Waals surface area contributed by atoms with Crippen molar-refractivity contribution in [2.75, 3.05) is 58.6 Å². The van der Waals surface area contributed by atoms with Gasteiger partial charge in [0.15, 0.2) is 5.96 Å². The lowest BCUT2D eigenvalue weighted by Crippen LogP contribution is -2.52. The number of carbonyl (C=O) groups excluding carboxylic acids is 1. The average Bonchev–Trinajstić information content (AvgIpc) is 3.10. The SMILES string of the molecule is CS(=O)(=O)N1CCN(C2CCN(C(=O)C3CCN(C(=N)N)CC3)C2)CC1. The molecule has 3 aliphatic rings. The molecule has 3 N–H and O–H groups in total. The van der Waals surface area contributed by atoms with Crippen LogP contribution in [0.4, 0.5) is 0 Å². The second kappa shape index (κ2) is 7.69. The molecule has 3 rings (SSSR count). The molecule has 0 spiro atoms. The van der Waals surface area contributed by atoms with Gasteiger partial charge in [-0.25, -0.2) is 8.42 Å². The van der Waals surface area contributed by atoms with Gasteiger partial charge in [0, 0.05) is 64.3 Å². The highest BCUT2D eigenvalue weighted by atomic mass is 32.2. The Hall–Kier alpha value is -1.39. The molecule has 9 nitrogen and oxygen atoms in total. The van der Waals surface area contributed by atoms with Crippen LogP contribution in [0.1, 0.15) is 19.3 Å². The van der Waals surface area contributed by atoms with Crippen molar-refractivity contribution in [3.8, 4) is 0 Å². The van der Waals surface area contributed by atoms with Crippen molar-refractivity contribution in [1.82, 2.24) is 19.0 Å². The summed E-state index contributed by atoms with van der Waals surface area (Å²) < 4.78 is 24.8. The van der Waals surface area contributed by atoms with Crippen LogP contribution in [0.5, 0.6) is 0 Å². The van der Waals surface area contributed by atoms with Gasteiger partial charge >= 0.3 is 0 Å². The van der Waals surface area contributed by atoms with E-state index in [1.165, 1.54) is 10.6 Å². The number of amides is 1. The molecule has 148 valence electrons. The van der Waals surface area contributed by atoms with Crippen LogP contribution in [-0.2, 0) is 14.8 Å². The van der Waals surface area contributed by atoms with E-state index in [1.807, 2.05) is 9.80 Å². The number of sulfonamides is 1.